The molecule has 1 aromatic heterocycles. The van der Waals surface area contributed by atoms with Gasteiger partial charge >= 0.3 is 0 Å². The highest BCUT2D eigenvalue weighted by atomic mass is 35.5. The van der Waals surface area contributed by atoms with E-state index in [2.05, 4.69) is 44.2 Å². The molecular formula is C17H19ClS2. The molecule has 0 N–H and O–H groups in total. The van der Waals surface area contributed by atoms with Gasteiger partial charge in [0, 0.05) is 15.5 Å². The third kappa shape index (κ3) is 2.93. The van der Waals surface area contributed by atoms with Gasteiger partial charge in [0.25, 0.3) is 0 Å². The number of fused-ring (bicyclic) bond motifs is 1. The Hall–Kier alpha value is -0.440. The summed E-state index contributed by atoms with van der Waals surface area (Å²) in [6.45, 7) is 4.44. The molecule has 1 aromatic carbocycles. The Bertz CT molecular complexity index is 560. The van der Waals surface area contributed by atoms with Crippen LogP contribution in [0.1, 0.15) is 51.6 Å². The lowest BCUT2D eigenvalue weighted by Gasteiger charge is -2.10. The van der Waals surface area contributed by atoms with Gasteiger partial charge in [-0.25, -0.2) is 0 Å². The van der Waals surface area contributed by atoms with Crippen LogP contribution in [0.15, 0.2) is 30.3 Å². The summed E-state index contributed by atoms with van der Waals surface area (Å²) in [7, 11) is 0. The third-order valence-corrected chi connectivity index (χ3v) is 6.72. The van der Waals surface area contributed by atoms with Crippen molar-refractivity contribution >= 4 is 34.7 Å². The van der Waals surface area contributed by atoms with Crippen LogP contribution >= 0.6 is 34.7 Å². The van der Waals surface area contributed by atoms with Crippen LogP contribution in [0, 0.1) is 0 Å². The second-order valence-corrected chi connectivity index (χ2v) is 8.29. The van der Waals surface area contributed by atoms with Gasteiger partial charge in [-0.15, -0.1) is 22.9 Å². The zero-order valence-corrected chi connectivity index (χ0v) is 14.2. The van der Waals surface area contributed by atoms with Gasteiger partial charge in [0.15, 0.2) is 0 Å². The van der Waals surface area contributed by atoms with Crippen molar-refractivity contribution in [1.29, 1.82) is 0 Å². The summed E-state index contributed by atoms with van der Waals surface area (Å²) >= 11 is 10.6. The van der Waals surface area contributed by atoms with E-state index in [9.17, 15) is 0 Å². The fourth-order valence-corrected chi connectivity index (χ4v) is 5.23. The van der Waals surface area contributed by atoms with E-state index >= 15 is 0 Å². The largest absolute Gasteiger partial charge is 0.157 e. The Morgan fingerprint density at radius 2 is 1.80 bits per heavy atom. The molecule has 0 aliphatic carbocycles. The van der Waals surface area contributed by atoms with Crippen molar-refractivity contribution < 1.29 is 0 Å². The van der Waals surface area contributed by atoms with Gasteiger partial charge in [-0.2, -0.15) is 11.8 Å². The SMILES string of the molecule is CC(C)c1ccc(C(Cl)c2cc3c(s2)CCSC3)cc1. The number of aryl methyl sites for hydroxylation is 1. The Kier molecular flexibility index (Phi) is 4.44. The molecule has 0 saturated carbocycles. The lowest BCUT2D eigenvalue weighted by Crippen LogP contribution is -1.96. The standard InChI is InChI=1S/C17H19ClS2/c1-11(2)12-3-5-13(6-4-12)17(18)16-9-14-10-19-8-7-15(14)20-16/h3-6,9,11,17H,7-8,10H2,1-2H3. The summed E-state index contributed by atoms with van der Waals surface area (Å²) < 4.78 is 0. The van der Waals surface area contributed by atoms with Gasteiger partial charge < -0.3 is 0 Å². The van der Waals surface area contributed by atoms with E-state index in [1.807, 2.05) is 23.1 Å². The lowest BCUT2D eigenvalue weighted by molar-refractivity contribution is 0.865. The number of alkyl halides is 1. The molecule has 3 heteroatoms. The van der Waals surface area contributed by atoms with E-state index < -0.39 is 0 Å². The molecule has 1 atom stereocenters. The number of rotatable bonds is 3. The second-order valence-electron chi connectivity index (χ2n) is 5.58. The van der Waals surface area contributed by atoms with Crippen molar-refractivity contribution in [2.45, 2.75) is 37.3 Å². The molecule has 0 saturated heterocycles. The molecule has 0 radical (unpaired) electrons. The van der Waals surface area contributed by atoms with Gasteiger partial charge in [0.05, 0.1) is 5.38 Å². The molecule has 0 bridgehead atoms. The molecule has 2 aromatic rings. The summed E-state index contributed by atoms with van der Waals surface area (Å²) in [6.07, 6.45) is 1.21. The summed E-state index contributed by atoms with van der Waals surface area (Å²) in [5.41, 5.74) is 4.09. The summed E-state index contributed by atoms with van der Waals surface area (Å²) in [6, 6.07) is 11.1. The fraction of sp³-hybridized carbons (Fsp3) is 0.412. The van der Waals surface area contributed by atoms with Gasteiger partial charge in [-0.05, 0) is 40.8 Å². The molecule has 1 aliphatic heterocycles. The number of benzene rings is 1. The molecule has 106 valence electrons. The minimum atomic E-state index is -0.00295. The average Bonchev–Trinajstić information content (AvgIpc) is 2.90. The minimum Gasteiger partial charge on any atom is -0.157 e. The van der Waals surface area contributed by atoms with E-state index in [4.69, 9.17) is 11.6 Å². The molecule has 20 heavy (non-hydrogen) atoms. The Morgan fingerprint density at radius 3 is 2.45 bits per heavy atom. The van der Waals surface area contributed by atoms with Crippen LogP contribution in [-0.4, -0.2) is 5.75 Å². The summed E-state index contributed by atoms with van der Waals surface area (Å²) in [4.78, 5) is 2.85. The molecule has 0 fully saturated rings. The number of thioether (sulfide) groups is 1. The highest BCUT2D eigenvalue weighted by Crippen LogP contribution is 2.39. The van der Waals surface area contributed by atoms with Crippen LogP contribution in [0.4, 0.5) is 0 Å². The topological polar surface area (TPSA) is 0 Å². The van der Waals surface area contributed by atoms with Gasteiger partial charge in [0.2, 0.25) is 0 Å². The van der Waals surface area contributed by atoms with Crippen LogP contribution in [0.2, 0.25) is 0 Å². The number of halogens is 1. The van der Waals surface area contributed by atoms with E-state index in [0.29, 0.717) is 5.92 Å². The van der Waals surface area contributed by atoms with E-state index in [0.717, 1.165) is 5.75 Å². The maximum Gasteiger partial charge on any atom is 0.0927 e. The Morgan fingerprint density at radius 1 is 1.10 bits per heavy atom. The van der Waals surface area contributed by atoms with Crippen LogP contribution < -0.4 is 0 Å². The molecule has 1 aliphatic rings. The fourth-order valence-electron chi connectivity index (χ4n) is 2.51. The third-order valence-electron chi connectivity index (χ3n) is 3.79. The highest BCUT2D eigenvalue weighted by molar-refractivity contribution is 7.98. The summed E-state index contributed by atoms with van der Waals surface area (Å²) in [5.74, 6) is 2.98. The first-order chi connectivity index (χ1) is 9.65. The van der Waals surface area contributed by atoms with Crippen molar-refractivity contribution in [1.82, 2.24) is 0 Å². The average molecular weight is 323 g/mol. The monoisotopic (exact) mass is 322 g/mol. The first-order valence-corrected chi connectivity index (χ1v) is 9.49. The maximum atomic E-state index is 6.69. The zero-order valence-electron chi connectivity index (χ0n) is 11.9. The van der Waals surface area contributed by atoms with Crippen LogP contribution in [0.5, 0.6) is 0 Å². The predicted octanol–water partition coefficient (Wildman–Crippen LogP) is 5.99. The van der Waals surface area contributed by atoms with E-state index in [-0.39, 0.29) is 5.38 Å². The molecular weight excluding hydrogens is 304 g/mol. The number of hydrogen-bond donors (Lipinski definition) is 0. The smallest absolute Gasteiger partial charge is 0.0927 e. The van der Waals surface area contributed by atoms with E-state index in [1.54, 1.807) is 4.88 Å². The van der Waals surface area contributed by atoms with Crippen molar-refractivity contribution in [3.05, 3.63) is 56.8 Å². The quantitative estimate of drug-likeness (QED) is 0.625. The first-order valence-electron chi connectivity index (χ1n) is 7.08. The molecule has 0 spiro atoms. The van der Waals surface area contributed by atoms with Crippen molar-refractivity contribution in [2.75, 3.05) is 5.75 Å². The molecule has 0 amide bonds. The number of thiophene rings is 1. The number of hydrogen-bond acceptors (Lipinski definition) is 2. The highest BCUT2D eigenvalue weighted by Gasteiger charge is 2.19. The Balaban J connectivity index is 1.84. The first kappa shape index (κ1) is 14.5. The van der Waals surface area contributed by atoms with Crippen LogP contribution in [0.3, 0.4) is 0 Å². The predicted molar refractivity (Wildman–Crippen MR) is 92.4 cm³/mol. The van der Waals surface area contributed by atoms with Crippen molar-refractivity contribution in [3.8, 4) is 0 Å². The van der Waals surface area contributed by atoms with Crippen LogP contribution in [0.25, 0.3) is 0 Å². The maximum absolute atomic E-state index is 6.69. The van der Waals surface area contributed by atoms with Crippen molar-refractivity contribution in [3.63, 3.8) is 0 Å². The summed E-state index contributed by atoms with van der Waals surface area (Å²) in [5, 5.41) is -0.00295. The van der Waals surface area contributed by atoms with Gasteiger partial charge in [-0.3, -0.25) is 0 Å². The normalized spacial score (nSPS) is 16.2. The van der Waals surface area contributed by atoms with Crippen LogP contribution in [-0.2, 0) is 12.2 Å². The zero-order chi connectivity index (χ0) is 14.1. The van der Waals surface area contributed by atoms with Gasteiger partial charge in [0.1, 0.15) is 0 Å². The lowest BCUT2D eigenvalue weighted by atomic mass is 10.0. The molecule has 3 rings (SSSR count). The van der Waals surface area contributed by atoms with Crippen molar-refractivity contribution in [2.24, 2.45) is 0 Å². The van der Waals surface area contributed by atoms with Gasteiger partial charge in [-0.1, -0.05) is 38.1 Å². The molecule has 1 unspecified atom stereocenters. The Labute approximate surface area is 134 Å². The second kappa shape index (κ2) is 6.13. The molecule has 2 heterocycles. The molecule has 0 nitrogen and oxygen atoms in total. The van der Waals surface area contributed by atoms with E-state index in [1.165, 1.54) is 33.7 Å². The minimum absolute atomic E-state index is 0.00295.